The second kappa shape index (κ2) is 9.16. The number of hydrogen-bond acceptors (Lipinski definition) is 6. The minimum absolute atomic E-state index is 0.0505. The van der Waals surface area contributed by atoms with Crippen molar-refractivity contribution in [2.75, 3.05) is 7.11 Å². The van der Waals surface area contributed by atoms with Crippen LogP contribution in [0.4, 0.5) is 0 Å². The van der Waals surface area contributed by atoms with Gasteiger partial charge in [0.2, 0.25) is 5.91 Å². The highest BCUT2D eigenvalue weighted by molar-refractivity contribution is 7.89. The number of amides is 1. The third-order valence-corrected chi connectivity index (χ3v) is 6.69. The summed E-state index contributed by atoms with van der Waals surface area (Å²) in [5.41, 5.74) is 0.0917. The molecule has 0 saturated carbocycles. The zero-order chi connectivity index (χ0) is 23.5. The van der Waals surface area contributed by atoms with E-state index in [4.69, 9.17) is 9.47 Å². The third-order valence-electron chi connectivity index (χ3n) is 5.00. The van der Waals surface area contributed by atoms with E-state index in [0.29, 0.717) is 10.1 Å². The molecule has 3 rings (SSSR count). The van der Waals surface area contributed by atoms with E-state index >= 15 is 0 Å². The first-order valence-corrected chi connectivity index (χ1v) is 11.6. The molecule has 0 N–H and O–H groups in total. The first-order chi connectivity index (χ1) is 15.0. The summed E-state index contributed by atoms with van der Waals surface area (Å²) < 4.78 is 37.6. The molecular weight excluding hydrogens is 430 g/mol. The number of allylic oxidation sites excluding steroid dienone is 1. The fourth-order valence-electron chi connectivity index (χ4n) is 3.55. The number of hydrogen-bond donors (Lipinski definition) is 0. The van der Waals surface area contributed by atoms with Crippen LogP contribution < -0.4 is 4.74 Å². The van der Waals surface area contributed by atoms with Gasteiger partial charge in [-0.1, -0.05) is 36.4 Å². The van der Waals surface area contributed by atoms with Crippen molar-refractivity contribution in [3.8, 4) is 5.75 Å². The Bertz CT molecular complexity index is 1100. The van der Waals surface area contributed by atoms with E-state index in [1.165, 1.54) is 37.6 Å². The van der Waals surface area contributed by atoms with Gasteiger partial charge >= 0.3 is 5.97 Å². The SMILES string of the molecule is COc1ccc(S(=O)(=O)N2C=C[C@H](c3ccccc3)[C@H](CC(=O)OC(C)(C)C)C2=O)cc1. The Morgan fingerprint density at radius 1 is 1.03 bits per heavy atom. The quantitative estimate of drug-likeness (QED) is 0.612. The highest BCUT2D eigenvalue weighted by atomic mass is 32.2. The Morgan fingerprint density at radius 3 is 2.22 bits per heavy atom. The van der Waals surface area contributed by atoms with Crippen LogP contribution in [0.25, 0.3) is 0 Å². The average Bonchev–Trinajstić information content (AvgIpc) is 2.74. The van der Waals surface area contributed by atoms with Gasteiger partial charge < -0.3 is 9.47 Å². The molecule has 1 aliphatic heterocycles. The van der Waals surface area contributed by atoms with Crippen molar-refractivity contribution < 1.29 is 27.5 Å². The zero-order valence-corrected chi connectivity index (χ0v) is 19.3. The van der Waals surface area contributed by atoms with Gasteiger partial charge in [-0.2, -0.15) is 0 Å². The molecule has 7 nitrogen and oxygen atoms in total. The number of nitrogens with zero attached hydrogens (tertiary/aromatic N) is 1. The minimum Gasteiger partial charge on any atom is -0.497 e. The molecule has 2 atom stereocenters. The van der Waals surface area contributed by atoms with Crippen LogP contribution in [-0.2, 0) is 24.3 Å². The second-order valence-corrected chi connectivity index (χ2v) is 10.3. The molecule has 32 heavy (non-hydrogen) atoms. The summed E-state index contributed by atoms with van der Waals surface area (Å²) in [6.45, 7) is 5.22. The smallest absolute Gasteiger partial charge is 0.307 e. The van der Waals surface area contributed by atoms with Gasteiger partial charge in [0.1, 0.15) is 11.4 Å². The molecule has 0 saturated heterocycles. The van der Waals surface area contributed by atoms with E-state index in [2.05, 4.69) is 0 Å². The first-order valence-electron chi connectivity index (χ1n) is 10.2. The van der Waals surface area contributed by atoms with Gasteiger partial charge in [-0.25, -0.2) is 12.7 Å². The van der Waals surface area contributed by atoms with Gasteiger partial charge in [0.15, 0.2) is 0 Å². The summed E-state index contributed by atoms with van der Waals surface area (Å²) in [4.78, 5) is 25.9. The second-order valence-electron chi connectivity index (χ2n) is 8.49. The molecule has 0 radical (unpaired) electrons. The fraction of sp³-hybridized carbons (Fsp3) is 0.333. The zero-order valence-electron chi connectivity index (χ0n) is 18.5. The molecule has 0 aromatic heterocycles. The molecular formula is C24H27NO6S. The molecule has 0 unspecified atom stereocenters. The van der Waals surface area contributed by atoms with E-state index in [-0.39, 0.29) is 11.3 Å². The first kappa shape index (κ1) is 23.5. The summed E-state index contributed by atoms with van der Waals surface area (Å²) in [6, 6.07) is 15.0. The Kier molecular flexibility index (Phi) is 6.74. The van der Waals surface area contributed by atoms with Crippen molar-refractivity contribution in [2.24, 2.45) is 5.92 Å². The predicted octanol–water partition coefficient (Wildman–Crippen LogP) is 3.87. The van der Waals surface area contributed by atoms with Crippen LogP contribution in [-0.4, -0.2) is 37.3 Å². The van der Waals surface area contributed by atoms with Crippen LogP contribution in [0.1, 0.15) is 38.7 Å². The molecule has 2 aromatic rings. The van der Waals surface area contributed by atoms with Crippen LogP contribution in [0.3, 0.4) is 0 Å². The number of rotatable bonds is 6. The molecule has 0 bridgehead atoms. The van der Waals surface area contributed by atoms with Crippen molar-refractivity contribution in [3.05, 3.63) is 72.4 Å². The lowest BCUT2D eigenvalue weighted by Crippen LogP contribution is -2.43. The van der Waals surface area contributed by atoms with E-state index in [1.807, 2.05) is 30.3 Å². The highest BCUT2D eigenvalue weighted by Crippen LogP contribution is 2.36. The van der Waals surface area contributed by atoms with Gasteiger partial charge in [-0.3, -0.25) is 9.59 Å². The molecule has 170 valence electrons. The lowest BCUT2D eigenvalue weighted by Gasteiger charge is -2.33. The molecule has 8 heteroatoms. The van der Waals surface area contributed by atoms with Crippen LogP contribution in [0.2, 0.25) is 0 Å². The highest BCUT2D eigenvalue weighted by Gasteiger charge is 2.41. The Hall–Kier alpha value is -3.13. The predicted molar refractivity (Wildman–Crippen MR) is 119 cm³/mol. The van der Waals surface area contributed by atoms with Gasteiger partial charge in [-0.05, 0) is 50.6 Å². The number of carbonyl (C=O) groups is 2. The summed E-state index contributed by atoms with van der Waals surface area (Å²) >= 11 is 0. The largest absolute Gasteiger partial charge is 0.497 e. The maximum absolute atomic E-state index is 13.4. The number of methoxy groups -OCH3 is 1. The van der Waals surface area contributed by atoms with E-state index < -0.39 is 39.3 Å². The number of carbonyl (C=O) groups excluding carboxylic acids is 2. The Labute approximate surface area is 188 Å². The number of sulfonamides is 1. The van der Waals surface area contributed by atoms with Crippen LogP contribution in [0, 0.1) is 5.92 Å². The molecule has 0 aliphatic carbocycles. The summed E-state index contributed by atoms with van der Waals surface area (Å²) in [5, 5.41) is 0. The lowest BCUT2D eigenvalue weighted by atomic mass is 9.81. The molecule has 1 heterocycles. The van der Waals surface area contributed by atoms with Crippen molar-refractivity contribution in [1.29, 1.82) is 0 Å². The van der Waals surface area contributed by atoms with Gasteiger partial charge in [0, 0.05) is 12.1 Å². The molecule has 0 spiro atoms. The van der Waals surface area contributed by atoms with E-state index in [0.717, 1.165) is 5.56 Å². The number of benzene rings is 2. The van der Waals surface area contributed by atoms with Crippen molar-refractivity contribution in [1.82, 2.24) is 4.31 Å². The molecule has 1 amide bonds. The Balaban J connectivity index is 1.97. The molecule has 0 fully saturated rings. The maximum Gasteiger partial charge on any atom is 0.307 e. The van der Waals surface area contributed by atoms with Gasteiger partial charge in [-0.15, -0.1) is 0 Å². The van der Waals surface area contributed by atoms with Crippen molar-refractivity contribution in [2.45, 2.75) is 43.6 Å². The molecule has 1 aliphatic rings. The van der Waals surface area contributed by atoms with Gasteiger partial charge in [0.25, 0.3) is 10.0 Å². The summed E-state index contributed by atoms with van der Waals surface area (Å²) in [6.07, 6.45) is 2.67. The van der Waals surface area contributed by atoms with E-state index in [1.54, 1.807) is 26.8 Å². The lowest BCUT2D eigenvalue weighted by molar-refractivity contribution is -0.158. The third kappa shape index (κ3) is 5.19. The minimum atomic E-state index is -4.16. The van der Waals surface area contributed by atoms with Crippen LogP contribution in [0.15, 0.2) is 71.8 Å². The van der Waals surface area contributed by atoms with Gasteiger partial charge in [0.05, 0.1) is 24.3 Å². The maximum atomic E-state index is 13.4. The standard InChI is InChI=1S/C24H27NO6S/c1-24(2,3)31-22(26)16-21-20(17-8-6-5-7-9-17)14-15-25(23(21)27)32(28,29)19-12-10-18(30-4)11-13-19/h5-15,20-21H,16H2,1-4H3/t20-,21+/m1/s1. The monoisotopic (exact) mass is 457 g/mol. The van der Waals surface area contributed by atoms with Crippen LogP contribution >= 0.6 is 0 Å². The average molecular weight is 458 g/mol. The number of esters is 1. The topological polar surface area (TPSA) is 90.0 Å². The van der Waals surface area contributed by atoms with Crippen molar-refractivity contribution >= 4 is 21.9 Å². The number of ether oxygens (including phenoxy) is 2. The fourth-order valence-corrected chi connectivity index (χ4v) is 4.86. The van der Waals surface area contributed by atoms with Crippen molar-refractivity contribution in [3.63, 3.8) is 0 Å². The van der Waals surface area contributed by atoms with E-state index in [9.17, 15) is 18.0 Å². The summed E-state index contributed by atoms with van der Waals surface area (Å²) in [5.74, 6) is -2.13. The Morgan fingerprint density at radius 2 is 1.66 bits per heavy atom. The van der Waals surface area contributed by atoms with Crippen LogP contribution in [0.5, 0.6) is 5.75 Å². The summed E-state index contributed by atoms with van der Waals surface area (Å²) in [7, 11) is -2.68. The molecule has 2 aromatic carbocycles. The normalized spacial score (nSPS) is 19.0.